The van der Waals surface area contributed by atoms with E-state index >= 15 is 0 Å². The minimum absolute atomic E-state index is 0. The number of piperidine rings is 1. The molecule has 0 radical (unpaired) electrons. The molecule has 0 bridgehead atoms. The van der Waals surface area contributed by atoms with Crippen LogP contribution in [0.1, 0.15) is 55.9 Å². The first-order chi connectivity index (χ1) is 12.5. The number of thiazole rings is 1. The quantitative estimate of drug-likeness (QED) is 0.551. The fourth-order valence-corrected chi connectivity index (χ4v) is 4.19. The van der Waals surface area contributed by atoms with Crippen molar-refractivity contribution in [3.63, 3.8) is 0 Å². The normalized spacial score (nSPS) is 15.1. The van der Waals surface area contributed by atoms with Crippen LogP contribution >= 0.6 is 11.3 Å². The Kier molecular flexibility index (Phi) is 8.92. The van der Waals surface area contributed by atoms with Crippen molar-refractivity contribution >= 4 is 79.0 Å². The van der Waals surface area contributed by atoms with Crippen molar-refractivity contribution < 1.29 is 9.90 Å². The number of fused-ring (bicyclic) bond motifs is 1. The van der Waals surface area contributed by atoms with Gasteiger partial charge in [0.15, 0.2) is 11.4 Å². The van der Waals surface area contributed by atoms with E-state index in [-0.39, 0.29) is 68.7 Å². The van der Waals surface area contributed by atoms with E-state index in [2.05, 4.69) is 15.2 Å². The predicted molar refractivity (Wildman–Crippen MR) is 110 cm³/mol. The monoisotopic (exact) mass is 418 g/mol. The topological polar surface area (TPSA) is 87.5 Å². The predicted octanol–water partition coefficient (Wildman–Crippen LogP) is 1.70. The van der Waals surface area contributed by atoms with E-state index in [4.69, 9.17) is 0 Å². The second kappa shape index (κ2) is 10.5. The number of hydrogen-bond acceptors (Lipinski definition) is 6. The summed E-state index contributed by atoms with van der Waals surface area (Å²) < 4.78 is 1.94. The van der Waals surface area contributed by atoms with Crippen LogP contribution in [-0.2, 0) is 0 Å². The fraction of sp³-hybridized carbons (Fsp3) is 0.611. The van der Waals surface area contributed by atoms with Gasteiger partial charge in [-0.05, 0) is 52.7 Å². The Labute approximate surface area is 205 Å². The van der Waals surface area contributed by atoms with E-state index in [9.17, 15) is 14.7 Å². The Morgan fingerprint density at radius 1 is 1.33 bits per heavy atom. The van der Waals surface area contributed by atoms with Crippen molar-refractivity contribution in [2.75, 3.05) is 26.2 Å². The molecule has 1 saturated heterocycles. The van der Waals surface area contributed by atoms with E-state index in [0.29, 0.717) is 16.9 Å². The average Bonchev–Trinajstić information content (AvgIpc) is 3.09. The number of carbonyl (C=O) groups is 1. The van der Waals surface area contributed by atoms with Gasteiger partial charge < -0.3 is 15.3 Å². The number of amides is 1. The number of aromatic nitrogens is 2. The van der Waals surface area contributed by atoms with Crippen LogP contribution in [0.4, 0.5) is 0 Å². The molecule has 0 atom stereocenters. The minimum atomic E-state index is -0.518. The van der Waals surface area contributed by atoms with Gasteiger partial charge in [0.05, 0.1) is 5.51 Å². The molecule has 0 saturated carbocycles. The van der Waals surface area contributed by atoms with Crippen LogP contribution in [0.15, 0.2) is 10.3 Å². The van der Waals surface area contributed by atoms with Gasteiger partial charge in [-0.2, -0.15) is 0 Å². The van der Waals surface area contributed by atoms with Gasteiger partial charge in [0.25, 0.3) is 11.5 Å². The molecule has 3 heterocycles. The summed E-state index contributed by atoms with van der Waals surface area (Å²) in [4.78, 5) is 31.9. The molecule has 1 aliphatic heterocycles. The maximum atomic E-state index is 12.8. The van der Waals surface area contributed by atoms with Crippen LogP contribution in [0.3, 0.4) is 0 Å². The molecule has 3 rings (SSSR count). The zero-order valence-electron chi connectivity index (χ0n) is 15.3. The molecule has 2 aromatic rings. The maximum absolute atomic E-state index is 12.8. The molecule has 0 aromatic carbocycles. The zero-order valence-corrected chi connectivity index (χ0v) is 16.1. The van der Waals surface area contributed by atoms with Gasteiger partial charge in [0, 0.05) is 12.6 Å². The number of nitrogens with one attached hydrogen (secondary N) is 1. The first-order valence-electron chi connectivity index (χ1n) is 9.22. The van der Waals surface area contributed by atoms with Gasteiger partial charge in [-0.15, -0.1) is 11.3 Å². The van der Waals surface area contributed by atoms with Crippen LogP contribution in [-0.4, -0.2) is 103 Å². The van der Waals surface area contributed by atoms with Crippen molar-refractivity contribution in [2.24, 2.45) is 0 Å². The Bertz CT molecular complexity index is 843. The summed E-state index contributed by atoms with van der Waals surface area (Å²) in [6.07, 6.45) is 4.61. The zero-order chi connectivity index (χ0) is 18.7. The average molecular weight is 419 g/mol. The van der Waals surface area contributed by atoms with Gasteiger partial charge >= 0.3 is 51.4 Å². The molecule has 0 aliphatic carbocycles. The molecular formula is C18H27KN4O3S. The molecule has 27 heavy (non-hydrogen) atoms. The molecule has 144 valence electrons. The van der Waals surface area contributed by atoms with E-state index in [0.717, 1.165) is 26.1 Å². The number of pyridine rings is 1. The number of carbonyl (C=O) groups excluding carboxylic acids is 1. The standard InChI is InChI=1S/C18H26N4O3S.K.H/c1-12(2)22-16-15(26-11-20-16)14(23)13(18(22)25)17(24)19-7-6-10-21-8-4-3-5-9-21;;/h11-12,23H,3-10H2,1-2H3,(H,19,24);;. The van der Waals surface area contributed by atoms with Gasteiger partial charge in [0.1, 0.15) is 10.3 Å². The third kappa shape index (κ3) is 5.20. The second-order valence-corrected chi connectivity index (χ2v) is 7.86. The SMILES string of the molecule is CC(C)n1c(=O)c(C(=O)NCCCN2CCCCC2)c(O)c2scnc21.[KH]. The Morgan fingerprint density at radius 3 is 2.70 bits per heavy atom. The van der Waals surface area contributed by atoms with Crippen LogP contribution in [0.5, 0.6) is 5.75 Å². The van der Waals surface area contributed by atoms with E-state index < -0.39 is 11.5 Å². The first-order valence-corrected chi connectivity index (χ1v) is 10.1. The molecule has 2 aromatic heterocycles. The first kappa shape index (κ1) is 23.0. The molecule has 2 N–H and O–H groups in total. The van der Waals surface area contributed by atoms with Gasteiger partial charge in [-0.3, -0.25) is 14.2 Å². The van der Waals surface area contributed by atoms with Crippen molar-refractivity contribution in [3.8, 4) is 5.75 Å². The molecular weight excluding hydrogens is 391 g/mol. The van der Waals surface area contributed by atoms with Crippen molar-refractivity contribution in [2.45, 2.75) is 45.6 Å². The molecule has 1 fully saturated rings. The van der Waals surface area contributed by atoms with Gasteiger partial charge in [-0.25, -0.2) is 4.98 Å². The van der Waals surface area contributed by atoms with Gasteiger partial charge in [0.2, 0.25) is 0 Å². The Hall–Kier alpha value is -0.294. The van der Waals surface area contributed by atoms with Crippen LogP contribution in [0, 0.1) is 0 Å². The fourth-order valence-electron chi connectivity index (χ4n) is 3.46. The number of likely N-dealkylation sites (tertiary alicyclic amines) is 1. The summed E-state index contributed by atoms with van der Waals surface area (Å²) in [6, 6.07) is -0.154. The molecule has 1 aliphatic rings. The van der Waals surface area contributed by atoms with Crippen LogP contribution < -0.4 is 10.9 Å². The molecule has 1 amide bonds. The third-order valence-corrected chi connectivity index (χ3v) is 5.61. The van der Waals surface area contributed by atoms with Gasteiger partial charge in [-0.1, -0.05) is 6.42 Å². The summed E-state index contributed by atoms with van der Waals surface area (Å²) in [5.74, 6) is -0.784. The summed E-state index contributed by atoms with van der Waals surface area (Å²) in [5.41, 5.74) is 1.32. The van der Waals surface area contributed by atoms with Crippen LogP contribution in [0.2, 0.25) is 0 Å². The van der Waals surface area contributed by atoms with E-state index in [1.807, 2.05) is 13.8 Å². The summed E-state index contributed by atoms with van der Waals surface area (Å²) in [6.45, 7) is 7.38. The summed E-state index contributed by atoms with van der Waals surface area (Å²) in [7, 11) is 0. The van der Waals surface area contributed by atoms with E-state index in [1.165, 1.54) is 35.2 Å². The van der Waals surface area contributed by atoms with Crippen LogP contribution in [0.25, 0.3) is 10.3 Å². The summed E-state index contributed by atoms with van der Waals surface area (Å²) >= 11 is 1.23. The number of rotatable bonds is 6. The van der Waals surface area contributed by atoms with Crippen molar-refractivity contribution in [3.05, 3.63) is 21.4 Å². The third-order valence-electron chi connectivity index (χ3n) is 4.79. The Morgan fingerprint density at radius 2 is 2.04 bits per heavy atom. The summed E-state index contributed by atoms with van der Waals surface area (Å²) in [5, 5.41) is 13.2. The number of hydrogen-bond donors (Lipinski definition) is 2. The molecule has 0 unspecified atom stereocenters. The number of nitrogens with zero attached hydrogens (tertiary/aromatic N) is 3. The van der Waals surface area contributed by atoms with E-state index in [1.54, 1.807) is 5.51 Å². The second-order valence-electron chi connectivity index (χ2n) is 7.01. The van der Waals surface area contributed by atoms with Crippen molar-refractivity contribution in [1.82, 2.24) is 19.8 Å². The molecule has 7 nitrogen and oxygen atoms in total. The molecule has 0 spiro atoms. The Balaban J connectivity index is 0.00000261. The molecule has 9 heteroatoms. The van der Waals surface area contributed by atoms with Crippen molar-refractivity contribution in [1.29, 1.82) is 0 Å². The number of aromatic hydroxyl groups is 1.